The minimum Gasteiger partial charge on any atom is -0.368 e. The molecule has 0 bridgehead atoms. The first-order valence-corrected chi connectivity index (χ1v) is 6.26. The molecule has 3 rings (SSSR count). The quantitative estimate of drug-likeness (QED) is 0.773. The van der Waals surface area contributed by atoms with Gasteiger partial charge in [0.25, 0.3) is 0 Å². The van der Waals surface area contributed by atoms with Crippen molar-refractivity contribution in [3.63, 3.8) is 0 Å². The molecule has 4 heteroatoms. The van der Waals surface area contributed by atoms with Gasteiger partial charge in [-0.15, -0.1) is 0 Å². The number of hydrogen-bond acceptors (Lipinski definition) is 4. The zero-order valence-electron chi connectivity index (χ0n) is 10.5. The van der Waals surface area contributed by atoms with E-state index in [-0.39, 0.29) is 0 Å². The van der Waals surface area contributed by atoms with Crippen LogP contribution in [0.4, 0.5) is 5.82 Å². The zero-order chi connectivity index (χ0) is 12.9. The molecule has 0 aliphatic carbocycles. The number of fused-ring (bicyclic) bond motifs is 1. The predicted octanol–water partition coefficient (Wildman–Crippen LogP) is 2.68. The molecule has 0 amide bonds. The number of nitrogens with zero attached hydrogens (tertiary/aromatic N) is 3. The number of aromatic nitrogens is 3. The maximum absolute atomic E-state index is 4.45. The maximum atomic E-state index is 4.45. The standard InChI is InChI=1S/C15H14N4/c1-3-12-5-2-7-19-15(12)13(4-1)6-8-17-14-11-16-9-10-18-14/h1-5,7,9-11H,6,8H2,(H,17,18). The highest BCUT2D eigenvalue weighted by Gasteiger charge is 2.01. The lowest BCUT2D eigenvalue weighted by Gasteiger charge is -2.07. The summed E-state index contributed by atoms with van der Waals surface area (Å²) >= 11 is 0. The Balaban J connectivity index is 1.72. The third-order valence-electron chi connectivity index (χ3n) is 2.98. The van der Waals surface area contributed by atoms with Gasteiger partial charge in [-0.3, -0.25) is 9.97 Å². The minimum absolute atomic E-state index is 0.802. The van der Waals surface area contributed by atoms with Crippen molar-refractivity contribution >= 4 is 16.7 Å². The SMILES string of the molecule is c1cnc2c(CCNc3cnccn3)cccc2c1. The van der Waals surface area contributed by atoms with Gasteiger partial charge in [0, 0.05) is 30.5 Å². The van der Waals surface area contributed by atoms with E-state index in [1.54, 1.807) is 18.6 Å². The Morgan fingerprint density at radius 3 is 2.79 bits per heavy atom. The number of nitrogens with one attached hydrogen (secondary N) is 1. The highest BCUT2D eigenvalue weighted by molar-refractivity contribution is 5.81. The molecular weight excluding hydrogens is 236 g/mol. The largest absolute Gasteiger partial charge is 0.368 e. The molecule has 0 fully saturated rings. The molecule has 0 saturated heterocycles. The molecular formula is C15H14N4. The highest BCUT2D eigenvalue weighted by Crippen LogP contribution is 2.16. The smallest absolute Gasteiger partial charge is 0.144 e. The Bertz CT molecular complexity index is 662. The number of pyridine rings is 1. The van der Waals surface area contributed by atoms with Crippen molar-refractivity contribution in [1.29, 1.82) is 0 Å². The van der Waals surface area contributed by atoms with Crippen LogP contribution in [0.25, 0.3) is 10.9 Å². The summed E-state index contributed by atoms with van der Waals surface area (Å²) in [6.07, 6.45) is 7.82. The van der Waals surface area contributed by atoms with Crippen molar-refractivity contribution in [2.45, 2.75) is 6.42 Å². The number of para-hydroxylation sites is 1. The molecule has 4 nitrogen and oxygen atoms in total. The van der Waals surface area contributed by atoms with Crippen molar-refractivity contribution in [2.75, 3.05) is 11.9 Å². The summed E-state index contributed by atoms with van der Waals surface area (Å²) in [6.45, 7) is 0.814. The molecule has 0 saturated carbocycles. The van der Waals surface area contributed by atoms with Crippen LogP contribution in [0.2, 0.25) is 0 Å². The van der Waals surface area contributed by atoms with Crippen molar-refractivity contribution in [2.24, 2.45) is 0 Å². The third kappa shape index (κ3) is 2.68. The predicted molar refractivity (Wildman–Crippen MR) is 76.0 cm³/mol. The van der Waals surface area contributed by atoms with E-state index in [0.29, 0.717) is 0 Å². The molecule has 1 aromatic carbocycles. The van der Waals surface area contributed by atoms with E-state index in [1.165, 1.54) is 10.9 Å². The summed E-state index contributed by atoms with van der Waals surface area (Å²) in [5.41, 5.74) is 2.32. The summed E-state index contributed by atoms with van der Waals surface area (Å²) in [4.78, 5) is 12.7. The fourth-order valence-corrected chi connectivity index (χ4v) is 2.08. The van der Waals surface area contributed by atoms with Gasteiger partial charge in [0.05, 0.1) is 11.7 Å². The summed E-state index contributed by atoms with van der Waals surface area (Å²) in [5.74, 6) is 0.802. The van der Waals surface area contributed by atoms with Crippen LogP contribution in [0, 0.1) is 0 Å². The molecule has 0 aliphatic rings. The van der Waals surface area contributed by atoms with Gasteiger partial charge in [0.1, 0.15) is 5.82 Å². The maximum Gasteiger partial charge on any atom is 0.144 e. The molecule has 2 heterocycles. The van der Waals surface area contributed by atoms with E-state index >= 15 is 0 Å². The number of anilines is 1. The molecule has 2 aromatic heterocycles. The number of hydrogen-bond donors (Lipinski definition) is 1. The molecule has 0 radical (unpaired) electrons. The number of rotatable bonds is 4. The van der Waals surface area contributed by atoms with Crippen LogP contribution in [-0.4, -0.2) is 21.5 Å². The summed E-state index contributed by atoms with van der Waals surface area (Å²) in [6, 6.07) is 10.3. The van der Waals surface area contributed by atoms with Crippen molar-refractivity contribution in [3.05, 3.63) is 60.7 Å². The second kappa shape index (κ2) is 5.44. The van der Waals surface area contributed by atoms with Gasteiger partial charge in [-0.05, 0) is 18.1 Å². The molecule has 0 spiro atoms. The lowest BCUT2D eigenvalue weighted by Crippen LogP contribution is -2.06. The highest BCUT2D eigenvalue weighted by atomic mass is 15.0. The Morgan fingerprint density at radius 1 is 0.947 bits per heavy atom. The monoisotopic (exact) mass is 250 g/mol. The third-order valence-corrected chi connectivity index (χ3v) is 2.98. The van der Waals surface area contributed by atoms with E-state index < -0.39 is 0 Å². The van der Waals surface area contributed by atoms with Crippen LogP contribution >= 0.6 is 0 Å². The second-order valence-corrected chi connectivity index (χ2v) is 4.26. The summed E-state index contributed by atoms with van der Waals surface area (Å²) < 4.78 is 0. The van der Waals surface area contributed by atoms with Gasteiger partial charge in [0.15, 0.2) is 0 Å². The van der Waals surface area contributed by atoms with E-state index in [1.807, 2.05) is 12.3 Å². The Morgan fingerprint density at radius 2 is 1.89 bits per heavy atom. The van der Waals surface area contributed by atoms with Crippen LogP contribution in [0.3, 0.4) is 0 Å². The van der Waals surface area contributed by atoms with Crippen molar-refractivity contribution in [3.8, 4) is 0 Å². The zero-order valence-corrected chi connectivity index (χ0v) is 10.5. The molecule has 3 aromatic rings. The van der Waals surface area contributed by atoms with Crippen LogP contribution < -0.4 is 5.32 Å². The lowest BCUT2D eigenvalue weighted by atomic mass is 10.1. The fraction of sp³-hybridized carbons (Fsp3) is 0.133. The fourth-order valence-electron chi connectivity index (χ4n) is 2.08. The first-order chi connectivity index (χ1) is 9.43. The molecule has 0 aliphatic heterocycles. The second-order valence-electron chi connectivity index (χ2n) is 4.26. The van der Waals surface area contributed by atoms with Crippen LogP contribution in [0.5, 0.6) is 0 Å². The van der Waals surface area contributed by atoms with Crippen LogP contribution in [-0.2, 0) is 6.42 Å². The van der Waals surface area contributed by atoms with Crippen LogP contribution in [0.15, 0.2) is 55.1 Å². The molecule has 94 valence electrons. The molecule has 0 atom stereocenters. The lowest BCUT2D eigenvalue weighted by molar-refractivity contribution is 1.00. The van der Waals surface area contributed by atoms with Gasteiger partial charge < -0.3 is 5.32 Å². The molecule has 1 N–H and O–H groups in total. The summed E-state index contributed by atoms with van der Waals surface area (Å²) in [5, 5.41) is 4.44. The Kier molecular flexibility index (Phi) is 3.32. The first-order valence-electron chi connectivity index (χ1n) is 6.26. The Hall–Kier alpha value is -2.49. The van der Waals surface area contributed by atoms with Gasteiger partial charge in [0.2, 0.25) is 0 Å². The van der Waals surface area contributed by atoms with E-state index in [2.05, 4.69) is 44.5 Å². The topological polar surface area (TPSA) is 50.7 Å². The van der Waals surface area contributed by atoms with E-state index in [9.17, 15) is 0 Å². The average Bonchev–Trinajstić information content (AvgIpc) is 2.49. The normalized spacial score (nSPS) is 10.5. The number of benzene rings is 1. The average molecular weight is 250 g/mol. The van der Waals surface area contributed by atoms with Gasteiger partial charge >= 0.3 is 0 Å². The van der Waals surface area contributed by atoms with Crippen molar-refractivity contribution < 1.29 is 0 Å². The van der Waals surface area contributed by atoms with Crippen molar-refractivity contribution in [1.82, 2.24) is 15.0 Å². The minimum atomic E-state index is 0.802. The Labute approximate surface area is 111 Å². The van der Waals surface area contributed by atoms with Crippen LogP contribution in [0.1, 0.15) is 5.56 Å². The van der Waals surface area contributed by atoms with Gasteiger partial charge in [-0.2, -0.15) is 0 Å². The molecule has 0 unspecified atom stereocenters. The molecule has 19 heavy (non-hydrogen) atoms. The van der Waals surface area contributed by atoms with E-state index in [0.717, 1.165) is 24.3 Å². The summed E-state index contributed by atoms with van der Waals surface area (Å²) in [7, 11) is 0. The van der Waals surface area contributed by atoms with Gasteiger partial charge in [-0.25, -0.2) is 4.98 Å². The first kappa shape index (κ1) is 11.6. The van der Waals surface area contributed by atoms with E-state index in [4.69, 9.17) is 0 Å². The van der Waals surface area contributed by atoms with Gasteiger partial charge in [-0.1, -0.05) is 24.3 Å².